The van der Waals surface area contributed by atoms with Crippen molar-refractivity contribution in [3.05, 3.63) is 0 Å². The Balaban J connectivity index is 3.66. The minimum atomic E-state index is -3.79. The average molecular weight is 299 g/mol. The Morgan fingerprint density at radius 1 is 1.42 bits per heavy atom. The number of esters is 1. The van der Waals surface area contributed by atoms with Crippen LogP contribution < -0.4 is 5.32 Å². The highest BCUT2D eigenvalue weighted by molar-refractivity contribution is 7.57. The lowest BCUT2D eigenvalue weighted by Crippen LogP contribution is -2.28. The molecule has 2 atom stereocenters. The van der Waals surface area contributed by atoms with Gasteiger partial charge in [-0.05, 0) is 6.42 Å². The zero-order valence-electron chi connectivity index (χ0n) is 10.9. The molecule has 0 aliphatic carbocycles. The van der Waals surface area contributed by atoms with Crippen LogP contribution in [0.1, 0.15) is 26.2 Å². The zero-order chi connectivity index (χ0) is 14.9. The number of rotatable bonds is 8. The predicted octanol–water partition coefficient (Wildman–Crippen LogP) is 1.60. The van der Waals surface area contributed by atoms with E-state index in [1.165, 1.54) is 0 Å². The van der Waals surface area contributed by atoms with Crippen LogP contribution in [0.2, 0.25) is 0 Å². The number of halogens is 1. The first-order chi connectivity index (χ1) is 8.77. The van der Waals surface area contributed by atoms with E-state index in [1.807, 2.05) is 0 Å². The molecule has 1 amide bonds. The third-order valence-corrected chi connectivity index (χ3v) is 3.33. The van der Waals surface area contributed by atoms with Crippen LogP contribution in [0.5, 0.6) is 0 Å². The normalized spacial score (nSPS) is 15.2. The van der Waals surface area contributed by atoms with Crippen molar-refractivity contribution in [3.8, 4) is 0 Å². The second kappa shape index (κ2) is 8.87. The average Bonchev–Trinajstić information content (AvgIpc) is 2.27. The van der Waals surface area contributed by atoms with Gasteiger partial charge in [0.05, 0.1) is 0 Å². The minimum Gasteiger partial charge on any atom is -0.428 e. The minimum absolute atomic E-state index is 0.151. The Morgan fingerprint density at radius 2 is 2.05 bits per heavy atom. The molecule has 0 aromatic rings. The Labute approximate surface area is 110 Å². The highest BCUT2D eigenvalue weighted by Gasteiger charge is 2.24. The molecule has 0 saturated heterocycles. The van der Waals surface area contributed by atoms with E-state index in [9.17, 15) is 18.5 Å². The number of alkyl carbamates (subject to hydrolysis) is 1. The molecule has 0 radical (unpaired) electrons. The number of hydrogen-bond acceptors (Lipinski definition) is 5. The molecule has 0 aromatic heterocycles. The van der Waals surface area contributed by atoms with Crippen LogP contribution in [0.3, 0.4) is 0 Å². The summed E-state index contributed by atoms with van der Waals surface area (Å²) in [7, 11) is -3.79. The molecule has 112 valence electrons. The van der Waals surface area contributed by atoms with Crippen molar-refractivity contribution in [2.24, 2.45) is 0 Å². The summed E-state index contributed by atoms with van der Waals surface area (Å²) in [6, 6.07) is 0. The van der Waals surface area contributed by atoms with Crippen molar-refractivity contribution in [2.75, 3.05) is 20.0 Å². The maximum Gasteiger partial charge on any atom is 0.410 e. The summed E-state index contributed by atoms with van der Waals surface area (Å²) in [5.74, 6) is -2.37. The van der Waals surface area contributed by atoms with Crippen LogP contribution in [-0.4, -0.2) is 42.9 Å². The second-order valence-electron chi connectivity index (χ2n) is 3.91. The highest BCUT2D eigenvalue weighted by atomic mass is 31.2. The van der Waals surface area contributed by atoms with E-state index in [1.54, 1.807) is 6.92 Å². The molecule has 0 bridgehead atoms. The summed E-state index contributed by atoms with van der Waals surface area (Å²) in [5.41, 5.74) is 0. The Kier molecular flexibility index (Phi) is 8.34. The van der Waals surface area contributed by atoms with E-state index < -0.39 is 32.1 Å². The predicted molar refractivity (Wildman–Crippen MR) is 65.6 cm³/mol. The number of carbonyl (C=O) groups is 2. The first kappa shape index (κ1) is 17.9. The van der Waals surface area contributed by atoms with Gasteiger partial charge in [0.25, 0.3) is 0 Å². The molecule has 2 N–H and O–H groups in total. The van der Waals surface area contributed by atoms with Crippen LogP contribution in [-0.2, 0) is 18.8 Å². The molecule has 0 aliphatic rings. The summed E-state index contributed by atoms with van der Waals surface area (Å²) >= 11 is 0. The Hall–Kier alpha value is -1.14. The summed E-state index contributed by atoms with van der Waals surface area (Å²) < 4.78 is 32.9. The fourth-order valence-electron chi connectivity index (χ4n) is 1.01. The maximum absolute atomic E-state index is 13.0. The van der Waals surface area contributed by atoms with Crippen molar-refractivity contribution in [2.45, 2.75) is 32.1 Å². The number of ether oxygens (including phenoxy) is 2. The fraction of sp³-hybridized carbons (Fsp3) is 0.800. The van der Waals surface area contributed by atoms with E-state index in [4.69, 9.17) is 4.89 Å². The number of carbonyl (C=O) groups excluding carboxylic acids is 2. The molecule has 0 saturated carbocycles. The Morgan fingerprint density at radius 3 is 2.58 bits per heavy atom. The number of amides is 1. The summed E-state index contributed by atoms with van der Waals surface area (Å²) in [6.45, 7) is 2.04. The lowest BCUT2D eigenvalue weighted by molar-refractivity contribution is -0.151. The monoisotopic (exact) mass is 299 g/mol. The van der Waals surface area contributed by atoms with Crippen molar-refractivity contribution < 1.29 is 32.9 Å². The zero-order valence-corrected chi connectivity index (χ0v) is 11.8. The lowest BCUT2D eigenvalue weighted by atomic mass is 10.3. The first-order valence-corrected chi connectivity index (χ1v) is 7.95. The molecule has 19 heavy (non-hydrogen) atoms. The van der Waals surface area contributed by atoms with Crippen LogP contribution in [0.15, 0.2) is 0 Å². The first-order valence-electron chi connectivity index (χ1n) is 5.77. The number of hydrogen-bond donors (Lipinski definition) is 2. The van der Waals surface area contributed by atoms with Crippen molar-refractivity contribution in [3.63, 3.8) is 0 Å². The SMILES string of the molecule is CCCC(=O)OCOC(=O)NCCC(F)P(C)(=O)O. The van der Waals surface area contributed by atoms with Gasteiger partial charge >= 0.3 is 12.1 Å². The molecule has 0 fully saturated rings. The summed E-state index contributed by atoms with van der Waals surface area (Å²) in [4.78, 5) is 30.8. The smallest absolute Gasteiger partial charge is 0.410 e. The van der Waals surface area contributed by atoms with E-state index in [2.05, 4.69) is 14.8 Å². The van der Waals surface area contributed by atoms with Crippen LogP contribution >= 0.6 is 7.37 Å². The van der Waals surface area contributed by atoms with E-state index >= 15 is 0 Å². The fourth-order valence-corrected chi connectivity index (χ4v) is 1.62. The van der Waals surface area contributed by atoms with Gasteiger partial charge in [-0.25, -0.2) is 9.18 Å². The quantitative estimate of drug-likeness (QED) is 0.401. The van der Waals surface area contributed by atoms with Gasteiger partial charge in [0, 0.05) is 26.1 Å². The highest BCUT2D eigenvalue weighted by Crippen LogP contribution is 2.43. The summed E-state index contributed by atoms with van der Waals surface area (Å²) in [5, 5.41) is 2.17. The molecule has 0 spiro atoms. The number of alkyl halides is 1. The largest absolute Gasteiger partial charge is 0.428 e. The topological polar surface area (TPSA) is 102 Å². The van der Waals surface area contributed by atoms with Gasteiger partial charge in [-0.2, -0.15) is 0 Å². The van der Waals surface area contributed by atoms with Crippen LogP contribution in [0.4, 0.5) is 9.18 Å². The van der Waals surface area contributed by atoms with E-state index in [0.29, 0.717) is 6.42 Å². The van der Waals surface area contributed by atoms with Gasteiger partial charge < -0.3 is 19.7 Å². The second-order valence-corrected chi connectivity index (χ2v) is 6.36. The molecule has 0 aromatic carbocycles. The van der Waals surface area contributed by atoms with Crippen molar-refractivity contribution in [1.29, 1.82) is 0 Å². The Bertz CT molecular complexity index is 345. The molecule has 9 heteroatoms. The third kappa shape index (κ3) is 9.44. The third-order valence-electron chi connectivity index (χ3n) is 2.04. The maximum atomic E-state index is 13.0. The van der Waals surface area contributed by atoms with Gasteiger partial charge in [0.2, 0.25) is 14.2 Å². The standard InChI is InChI=1S/C10H19FNO6P/c1-3-4-9(13)17-7-18-10(14)12-6-5-8(11)19(2,15)16/h8H,3-7H2,1-2H3,(H,12,14)(H,15,16). The molecule has 0 rings (SSSR count). The molecule has 0 aliphatic heterocycles. The lowest BCUT2D eigenvalue weighted by Gasteiger charge is -2.12. The molecular formula is C10H19FNO6P. The van der Waals surface area contributed by atoms with E-state index in [-0.39, 0.29) is 19.4 Å². The van der Waals surface area contributed by atoms with Gasteiger partial charge in [-0.3, -0.25) is 9.36 Å². The molecule has 2 unspecified atom stereocenters. The van der Waals surface area contributed by atoms with Crippen LogP contribution in [0.25, 0.3) is 0 Å². The summed E-state index contributed by atoms with van der Waals surface area (Å²) in [6.07, 6.45) is -0.326. The van der Waals surface area contributed by atoms with Gasteiger partial charge in [0.15, 0.2) is 5.91 Å². The molecule has 0 heterocycles. The van der Waals surface area contributed by atoms with Crippen molar-refractivity contribution in [1.82, 2.24) is 5.32 Å². The van der Waals surface area contributed by atoms with E-state index in [0.717, 1.165) is 6.66 Å². The van der Waals surface area contributed by atoms with Gasteiger partial charge in [0.1, 0.15) is 0 Å². The van der Waals surface area contributed by atoms with Gasteiger partial charge in [-0.1, -0.05) is 6.92 Å². The van der Waals surface area contributed by atoms with Crippen LogP contribution in [0, 0.1) is 0 Å². The number of nitrogens with one attached hydrogen (secondary N) is 1. The van der Waals surface area contributed by atoms with Crippen molar-refractivity contribution >= 4 is 19.4 Å². The molecular weight excluding hydrogens is 280 g/mol. The van der Waals surface area contributed by atoms with Gasteiger partial charge in [-0.15, -0.1) is 0 Å². The molecule has 7 nitrogen and oxygen atoms in total.